The second-order valence-electron chi connectivity index (χ2n) is 11.4. The van der Waals surface area contributed by atoms with Crippen LogP contribution in [0.15, 0.2) is 59.3 Å². The van der Waals surface area contributed by atoms with E-state index in [9.17, 15) is 24.6 Å². The normalized spacial score (nSPS) is 18.8. The summed E-state index contributed by atoms with van der Waals surface area (Å²) in [5.41, 5.74) is 2.72. The molecule has 0 unspecified atom stereocenters. The van der Waals surface area contributed by atoms with E-state index in [1.165, 1.54) is 0 Å². The molecule has 4 N–H and O–H groups in total. The van der Waals surface area contributed by atoms with Crippen LogP contribution in [0.2, 0.25) is 0 Å². The Morgan fingerprint density at radius 2 is 1.50 bits per heavy atom. The number of ketones is 1. The van der Waals surface area contributed by atoms with Gasteiger partial charge in [-0.05, 0) is 57.3 Å². The Morgan fingerprint density at radius 3 is 2.05 bits per heavy atom. The number of rotatable bonds is 19. The first-order chi connectivity index (χ1) is 18.6. The number of Topliss-reactive ketones (excluding diaryl/α,β-unsaturated/α-hetero) is 1. The van der Waals surface area contributed by atoms with Gasteiger partial charge in [0.25, 0.3) is 0 Å². The van der Waals surface area contributed by atoms with Crippen LogP contribution in [0.5, 0.6) is 0 Å². The first kappa shape index (κ1) is 37.2. The van der Waals surface area contributed by atoms with E-state index >= 15 is 0 Å². The number of allylic oxidation sites excluding steroid dienone is 8. The van der Waals surface area contributed by atoms with Crippen molar-refractivity contribution in [2.75, 3.05) is 0 Å². The smallest absolute Gasteiger partial charge is 0.328 e. The first-order valence-corrected chi connectivity index (χ1v) is 14.3. The fourth-order valence-electron chi connectivity index (χ4n) is 4.63. The van der Waals surface area contributed by atoms with Crippen molar-refractivity contribution < 1.29 is 34.8 Å². The van der Waals surface area contributed by atoms with Crippen molar-refractivity contribution in [2.24, 2.45) is 29.6 Å². The quantitative estimate of drug-likeness (QED) is 0.104. The number of aliphatic carboxylic acids is 2. The maximum absolute atomic E-state index is 12.9. The molecule has 0 radical (unpaired) electrons. The van der Waals surface area contributed by atoms with Gasteiger partial charge in [0.1, 0.15) is 5.78 Å². The number of carboxylic acids is 2. The number of carbonyl (C=O) groups excluding carboxylic acids is 1. The topological polar surface area (TPSA) is 132 Å². The highest BCUT2D eigenvalue weighted by Crippen LogP contribution is 2.24. The maximum Gasteiger partial charge on any atom is 0.328 e. The van der Waals surface area contributed by atoms with Gasteiger partial charge in [-0.1, -0.05) is 94.7 Å². The summed E-state index contributed by atoms with van der Waals surface area (Å²) in [6.45, 7) is 15.0. The van der Waals surface area contributed by atoms with Crippen molar-refractivity contribution >= 4 is 17.7 Å². The van der Waals surface area contributed by atoms with Crippen molar-refractivity contribution in [1.29, 1.82) is 0 Å². The third-order valence-electron chi connectivity index (χ3n) is 7.22. The van der Waals surface area contributed by atoms with E-state index < -0.39 is 30.1 Å². The lowest BCUT2D eigenvalue weighted by atomic mass is 9.83. The van der Waals surface area contributed by atoms with E-state index in [0.717, 1.165) is 30.1 Å². The SMILES string of the molecule is CCC(=C/[C@H](C)C/C=C/C(C)=C/[C@@H](C)C(=O)[C@@H](C)[C@H](O)[C@@H](C)C/C(C)=C/C(=O)O)/C=C/[C@H](O)[C@@H](C)CCC(=O)O. The van der Waals surface area contributed by atoms with Crippen LogP contribution in [0.4, 0.5) is 0 Å². The Labute approximate surface area is 241 Å². The van der Waals surface area contributed by atoms with E-state index in [4.69, 9.17) is 10.2 Å². The summed E-state index contributed by atoms with van der Waals surface area (Å²) in [6.07, 6.45) is 13.9. The highest BCUT2D eigenvalue weighted by molar-refractivity contribution is 5.85. The van der Waals surface area contributed by atoms with Crippen LogP contribution in [-0.4, -0.2) is 50.4 Å². The Morgan fingerprint density at radius 1 is 0.875 bits per heavy atom. The fraction of sp³-hybridized carbons (Fsp3) is 0.606. The lowest BCUT2D eigenvalue weighted by molar-refractivity contribution is -0.137. The molecule has 0 saturated heterocycles. The minimum atomic E-state index is -1.02. The molecule has 0 saturated carbocycles. The molecule has 0 aliphatic heterocycles. The standard InChI is InChI=1S/C33H52O7/c1-9-28(14-15-29(34)24(5)13-16-30(35)36)19-22(3)12-10-11-21(2)17-25(6)32(39)27(8)33(40)26(7)18-23(4)20-31(37)38/h10-11,14-15,17,19-20,22,24-27,29,33-34,40H,9,12-13,16,18H2,1-8H3,(H,35,36)(H,37,38)/b11-10+,15-14+,21-17+,23-20+,28-19-/t22-,24+,25-,26+,27-,29+,33-/m1/s1. The summed E-state index contributed by atoms with van der Waals surface area (Å²) in [4.78, 5) is 34.5. The van der Waals surface area contributed by atoms with Crippen LogP contribution < -0.4 is 0 Å². The van der Waals surface area contributed by atoms with Gasteiger partial charge in [-0.25, -0.2) is 4.79 Å². The van der Waals surface area contributed by atoms with E-state index in [2.05, 4.69) is 26.0 Å². The van der Waals surface area contributed by atoms with Crippen LogP contribution >= 0.6 is 0 Å². The summed E-state index contributed by atoms with van der Waals surface area (Å²) in [7, 11) is 0. The Hall–Kier alpha value is -2.77. The predicted octanol–water partition coefficient (Wildman–Crippen LogP) is 6.53. The zero-order chi connectivity index (χ0) is 31.0. The summed E-state index contributed by atoms with van der Waals surface area (Å²) in [6, 6.07) is 0. The van der Waals surface area contributed by atoms with Crippen LogP contribution in [0.3, 0.4) is 0 Å². The largest absolute Gasteiger partial charge is 0.481 e. The number of hydrogen-bond donors (Lipinski definition) is 4. The summed E-state index contributed by atoms with van der Waals surface area (Å²) >= 11 is 0. The first-order valence-electron chi connectivity index (χ1n) is 14.3. The van der Waals surface area contributed by atoms with E-state index in [-0.39, 0.29) is 35.9 Å². The van der Waals surface area contributed by atoms with Gasteiger partial charge in [0, 0.05) is 24.3 Å². The van der Waals surface area contributed by atoms with Gasteiger partial charge >= 0.3 is 11.9 Å². The second kappa shape index (κ2) is 19.3. The van der Waals surface area contributed by atoms with Crippen molar-refractivity contribution in [2.45, 2.75) is 99.7 Å². The Bertz CT molecular complexity index is 969. The van der Waals surface area contributed by atoms with Gasteiger partial charge in [0.05, 0.1) is 12.2 Å². The minimum Gasteiger partial charge on any atom is -0.481 e. The molecule has 0 aliphatic rings. The monoisotopic (exact) mass is 560 g/mol. The average molecular weight is 561 g/mol. The zero-order valence-corrected chi connectivity index (χ0v) is 25.6. The van der Waals surface area contributed by atoms with Gasteiger partial charge in [-0.3, -0.25) is 9.59 Å². The molecule has 0 rings (SSSR count). The summed E-state index contributed by atoms with van der Waals surface area (Å²) in [5, 5.41) is 38.7. The van der Waals surface area contributed by atoms with E-state index in [1.807, 2.05) is 45.9 Å². The highest BCUT2D eigenvalue weighted by atomic mass is 16.4. The fourth-order valence-corrected chi connectivity index (χ4v) is 4.63. The van der Waals surface area contributed by atoms with Crippen LogP contribution in [0.25, 0.3) is 0 Å². The molecule has 0 aromatic rings. The molecule has 0 heterocycles. The van der Waals surface area contributed by atoms with Gasteiger partial charge in [0.2, 0.25) is 0 Å². The number of carboxylic acid groups (broad SMARTS) is 2. The lowest BCUT2D eigenvalue weighted by Crippen LogP contribution is -2.34. The molecule has 40 heavy (non-hydrogen) atoms. The third-order valence-corrected chi connectivity index (χ3v) is 7.22. The average Bonchev–Trinajstić information content (AvgIpc) is 2.87. The van der Waals surface area contributed by atoms with Crippen molar-refractivity contribution in [1.82, 2.24) is 0 Å². The molecular formula is C33H52O7. The molecule has 7 nitrogen and oxygen atoms in total. The second-order valence-corrected chi connectivity index (χ2v) is 11.4. The minimum absolute atomic E-state index is 0.0423. The molecule has 0 spiro atoms. The number of aliphatic hydroxyl groups excluding tert-OH is 2. The van der Waals surface area contributed by atoms with Crippen LogP contribution in [0.1, 0.15) is 87.5 Å². The number of aliphatic hydroxyl groups is 2. The van der Waals surface area contributed by atoms with E-state index in [1.54, 1.807) is 19.9 Å². The molecular weight excluding hydrogens is 508 g/mol. The van der Waals surface area contributed by atoms with Crippen molar-refractivity contribution in [3.8, 4) is 0 Å². The Kier molecular flexibility index (Phi) is 18.0. The number of hydrogen-bond acceptors (Lipinski definition) is 5. The highest BCUT2D eigenvalue weighted by Gasteiger charge is 2.29. The van der Waals surface area contributed by atoms with Gasteiger partial charge in [0.15, 0.2) is 0 Å². The van der Waals surface area contributed by atoms with Crippen molar-refractivity contribution in [3.05, 3.63) is 59.3 Å². The van der Waals surface area contributed by atoms with Gasteiger partial charge in [-0.2, -0.15) is 0 Å². The van der Waals surface area contributed by atoms with Crippen LogP contribution in [-0.2, 0) is 14.4 Å². The van der Waals surface area contributed by atoms with Gasteiger partial charge < -0.3 is 20.4 Å². The molecule has 0 aromatic heterocycles. The molecule has 0 aromatic carbocycles. The molecule has 7 atom stereocenters. The molecule has 0 fully saturated rings. The Balaban J connectivity index is 5.03. The zero-order valence-electron chi connectivity index (χ0n) is 25.6. The molecule has 0 amide bonds. The van der Waals surface area contributed by atoms with Crippen molar-refractivity contribution in [3.63, 3.8) is 0 Å². The number of carbonyl (C=O) groups is 3. The molecule has 226 valence electrons. The van der Waals surface area contributed by atoms with E-state index in [0.29, 0.717) is 18.4 Å². The lowest BCUT2D eigenvalue weighted by Gasteiger charge is -2.25. The maximum atomic E-state index is 12.9. The van der Waals surface area contributed by atoms with Gasteiger partial charge in [-0.15, -0.1) is 0 Å². The third kappa shape index (κ3) is 15.7. The molecule has 0 aliphatic carbocycles. The predicted molar refractivity (Wildman–Crippen MR) is 161 cm³/mol. The summed E-state index contributed by atoms with van der Waals surface area (Å²) in [5.74, 6) is -2.97. The summed E-state index contributed by atoms with van der Waals surface area (Å²) < 4.78 is 0. The van der Waals surface area contributed by atoms with Crippen LogP contribution in [0, 0.1) is 29.6 Å². The molecule has 7 heteroatoms. The molecule has 0 bridgehead atoms.